The van der Waals surface area contributed by atoms with E-state index < -0.39 is 10.0 Å². The summed E-state index contributed by atoms with van der Waals surface area (Å²) in [6.45, 7) is 9.29. The average Bonchev–Trinajstić information content (AvgIpc) is 3.02. The summed E-state index contributed by atoms with van der Waals surface area (Å²) in [4.78, 5) is 0. The number of fused-ring (bicyclic) bond motifs is 1. The van der Waals surface area contributed by atoms with Crippen LogP contribution in [0.1, 0.15) is 64.1 Å². The molecule has 0 amide bonds. The Morgan fingerprint density at radius 2 is 1.91 bits per heavy atom. The van der Waals surface area contributed by atoms with Crippen molar-refractivity contribution in [1.82, 2.24) is 9.29 Å². The maximum Gasteiger partial charge on any atom is 0.215 e. The number of aromatic nitrogens is 1. The van der Waals surface area contributed by atoms with Gasteiger partial charge in [-0.05, 0) is 54.0 Å². The van der Waals surface area contributed by atoms with Gasteiger partial charge in [-0.1, -0.05) is 57.5 Å². The van der Waals surface area contributed by atoms with Crippen LogP contribution < -0.4 is 4.72 Å². The zero-order valence-corrected chi connectivity index (χ0v) is 20.0. The molecule has 5 nitrogen and oxygen atoms in total. The van der Waals surface area contributed by atoms with Gasteiger partial charge >= 0.3 is 0 Å². The van der Waals surface area contributed by atoms with Gasteiger partial charge in [0.25, 0.3) is 0 Å². The topological polar surface area (TPSA) is 74.9 Å². The van der Waals surface area contributed by atoms with Gasteiger partial charge in [0.05, 0.1) is 16.9 Å². The second kappa shape index (κ2) is 8.38. The van der Waals surface area contributed by atoms with E-state index in [0.29, 0.717) is 5.56 Å². The molecule has 0 spiro atoms. The number of nitrogens with one attached hydrogen (secondary N) is 1. The molecule has 0 saturated heterocycles. The lowest BCUT2D eigenvalue weighted by molar-refractivity contribution is 0.349. The minimum Gasteiger partial charge on any atom is -0.347 e. The van der Waals surface area contributed by atoms with E-state index in [9.17, 15) is 13.7 Å². The lowest BCUT2D eigenvalue weighted by atomic mass is 9.96. The molecule has 1 aliphatic carbocycles. The molecule has 6 heteroatoms. The van der Waals surface area contributed by atoms with Gasteiger partial charge in [-0.25, -0.2) is 13.1 Å². The van der Waals surface area contributed by atoms with Gasteiger partial charge in [0.1, 0.15) is 0 Å². The fourth-order valence-corrected chi connectivity index (χ4v) is 6.16. The van der Waals surface area contributed by atoms with Gasteiger partial charge in [-0.2, -0.15) is 5.26 Å². The van der Waals surface area contributed by atoms with Crippen molar-refractivity contribution in [2.75, 3.05) is 0 Å². The largest absolute Gasteiger partial charge is 0.347 e. The quantitative estimate of drug-likeness (QED) is 0.520. The van der Waals surface area contributed by atoms with E-state index in [1.807, 2.05) is 37.3 Å². The van der Waals surface area contributed by atoms with Gasteiger partial charge in [-0.3, -0.25) is 0 Å². The lowest BCUT2D eigenvalue weighted by Gasteiger charge is -2.27. The minimum absolute atomic E-state index is 0.0540. The Bertz CT molecular complexity index is 1290. The van der Waals surface area contributed by atoms with Gasteiger partial charge in [0.2, 0.25) is 10.0 Å². The first-order valence-electron chi connectivity index (χ1n) is 11.2. The molecule has 1 aliphatic rings. The first-order chi connectivity index (χ1) is 15.1. The molecule has 4 rings (SSSR count). The van der Waals surface area contributed by atoms with E-state index in [1.54, 1.807) is 0 Å². The summed E-state index contributed by atoms with van der Waals surface area (Å²) in [6.07, 6.45) is 4.56. The van der Waals surface area contributed by atoms with Crippen LogP contribution in [0.3, 0.4) is 0 Å². The zero-order valence-electron chi connectivity index (χ0n) is 19.2. The molecule has 1 saturated carbocycles. The van der Waals surface area contributed by atoms with E-state index in [2.05, 4.69) is 54.5 Å². The molecule has 1 aromatic heterocycles. The predicted octanol–water partition coefficient (Wildman–Crippen LogP) is 5.76. The Hall–Kier alpha value is -2.62. The van der Waals surface area contributed by atoms with Crippen LogP contribution >= 0.6 is 0 Å². The molecule has 0 bridgehead atoms. The molecular formula is C26H31N3O2S. The lowest BCUT2D eigenvalue weighted by Crippen LogP contribution is -2.39. The Morgan fingerprint density at radius 1 is 1.19 bits per heavy atom. The second-order valence-corrected chi connectivity index (χ2v) is 12.1. The predicted molar refractivity (Wildman–Crippen MR) is 130 cm³/mol. The standard InChI is InChI=1S/C26H31N3O2S/c1-18(28-32(30,31)21-9-7-10-21)24-16-29(17-26(2,3)4)25-14-19(12-13-23(24)25)22-11-6-5-8-20(22)15-27/h5-6,8,11-14,16,18,21,28H,7,9-10,17H2,1-4H3/t18-/m1/s1. The molecule has 1 N–H and O–H groups in total. The average molecular weight is 450 g/mol. The maximum atomic E-state index is 12.7. The van der Waals surface area contributed by atoms with Crippen LogP contribution in [0.5, 0.6) is 0 Å². The Morgan fingerprint density at radius 3 is 2.53 bits per heavy atom. The number of benzene rings is 2. The third-order valence-corrected chi connectivity index (χ3v) is 8.25. The normalized spacial score (nSPS) is 16.0. The number of sulfonamides is 1. The Balaban J connectivity index is 1.80. The molecule has 2 aromatic carbocycles. The first-order valence-corrected chi connectivity index (χ1v) is 12.8. The molecule has 0 unspecified atom stereocenters. The van der Waals surface area contributed by atoms with Crippen LogP contribution in [0.25, 0.3) is 22.0 Å². The summed E-state index contributed by atoms with van der Waals surface area (Å²) >= 11 is 0. The smallest absolute Gasteiger partial charge is 0.215 e. The van der Waals surface area contributed by atoms with E-state index in [1.165, 1.54) is 0 Å². The molecule has 32 heavy (non-hydrogen) atoms. The maximum absolute atomic E-state index is 12.7. The van der Waals surface area contributed by atoms with Crippen LogP contribution in [0, 0.1) is 16.7 Å². The number of hydrogen-bond acceptors (Lipinski definition) is 3. The summed E-state index contributed by atoms with van der Waals surface area (Å²) in [5.74, 6) is 0. The van der Waals surface area contributed by atoms with Crippen molar-refractivity contribution in [1.29, 1.82) is 5.26 Å². The number of nitrogens with zero attached hydrogens (tertiary/aromatic N) is 2. The van der Waals surface area contributed by atoms with Gasteiger partial charge in [0.15, 0.2) is 0 Å². The molecule has 3 aromatic rings. The summed E-state index contributed by atoms with van der Waals surface area (Å²) in [5.41, 5.74) is 4.61. The van der Waals surface area contributed by atoms with Crippen LogP contribution in [0.2, 0.25) is 0 Å². The number of rotatable bonds is 6. The SMILES string of the molecule is C[C@@H](NS(=O)(=O)C1CCC1)c1cn(CC(C)(C)C)c2cc(-c3ccccc3C#N)ccc12. The summed E-state index contributed by atoms with van der Waals surface area (Å²) in [7, 11) is -3.32. The van der Waals surface area contributed by atoms with Crippen molar-refractivity contribution in [3.8, 4) is 17.2 Å². The highest BCUT2D eigenvalue weighted by Crippen LogP contribution is 2.34. The van der Waals surface area contributed by atoms with Crippen molar-refractivity contribution in [3.05, 3.63) is 59.8 Å². The molecular weight excluding hydrogens is 418 g/mol. The molecule has 1 heterocycles. The highest BCUT2D eigenvalue weighted by molar-refractivity contribution is 7.90. The van der Waals surface area contributed by atoms with Crippen LogP contribution in [-0.2, 0) is 16.6 Å². The van der Waals surface area contributed by atoms with Crippen molar-refractivity contribution >= 4 is 20.9 Å². The summed E-state index contributed by atoms with van der Waals surface area (Å²) in [5, 5.41) is 10.3. The molecule has 168 valence electrons. The minimum atomic E-state index is -3.32. The van der Waals surface area contributed by atoms with Crippen molar-refractivity contribution in [2.45, 2.75) is 64.8 Å². The first kappa shape index (κ1) is 22.6. The van der Waals surface area contributed by atoms with Crippen molar-refractivity contribution in [2.24, 2.45) is 5.41 Å². The Kier molecular flexibility index (Phi) is 5.91. The van der Waals surface area contributed by atoms with Crippen molar-refractivity contribution in [3.63, 3.8) is 0 Å². The number of nitriles is 1. The van der Waals surface area contributed by atoms with Gasteiger partial charge < -0.3 is 4.57 Å². The van der Waals surface area contributed by atoms with E-state index in [0.717, 1.165) is 53.4 Å². The molecule has 0 aliphatic heterocycles. The van der Waals surface area contributed by atoms with Gasteiger partial charge in [0, 0.05) is 29.7 Å². The number of hydrogen-bond donors (Lipinski definition) is 1. The molecule has 1 atom stereocenters. The van der Waals surface area contributed by atoms with Crippen LogP contribution in [-0.4, -0.2) is 18.2 Å². The Labute approximate surface area is 191 Å². The van der Waals surface area contributed by atoms with E-state index in [4.69, 9.17) is 0 Å². The summed E-state index contributed by atoms with van der Waals surface area (Å²) < 4.78 is 30.6. The molecule has 1 fully saturated rings. The van der Waals surface area contributed by atoms with Crippen LogP contribution in [0.4, 0.5) is 0 Å². The third kappa shape index (κ3) is 4.46. The zero-order chi connectivity index (χ0) is 23.1. The van der Waals surface area contributed by atoms with E-state index in [-0.39, 0.29) is 16.7 Å². The second-order valence-electron chi connectivity index (χ2n) is 10.1. The fraction of sp³-hybridized carbons (Fsp3) is 0.423. The van der Waals surface area contributed by atoms with Gasteiger partial charge in [-0.15, -0.1) is 0 Å². The van der Waals surface area contributed by atoms with E-state index >= 15 is 0 Å². The summed E-state index contributed by atoms with van der Waals surface area (Å²) in [6, 6.07) is 15.8. The highest BCUT2D eigenvalue weighted by atomic mass is 32.2. The highest BCUT2D eigenvalue weighted by Gasteiger charge is 2.33. The van der Waals surface area contributed by atoms with Crippen molar-refractivity contribution < 1.29 is 8.42 Å². The monoisotopic (exact) mass is 449 g/mol. The fourth-order valence-electron chi connectivity index (χ4n) is 4.39. The van der Waals surface area contributed by atoms with Crippen LogP contribution in [0.15, 0.2) is 48.7 Å². The third-order valence-electron chi connectivity index (χ3n) is 6.21. The molecule has 0 radical (unpaired) electrons.